The average Bonchev–Trinajstić information content (AvgIpc) is 2.62. The molecule has 140 valence electrons. The monoisotopic (exact) mass is 399 g/mol. The van der Waals surface area contributed by atoms with Gasteiger partial charge in [-0.05, 0) is 43.0 Å². The Morgan fingerprint density at radius 2 is 1.74 bits per heavy atom. The van der Waals surface area contributed by atoms with Crippen molar-refractivity contribution in [3.8, 4) is 0 Å². The van der Waals surface area contributed by atoms with E-state index >= 15 is 0 Å². The second kappa shape index (κ2) is 8.15. The average molecular weight is 400 g/mol. The van der Waals surface area contributed by atoms with Gasteiger partial charge in [-0.15, -0.1) is 0 Å². The molecule has 6 heteroatoms. The molecule has 1 amide bonds. The van der Waals surface area contributed by atoms with Crippen molar-refractivity contribution in [3.63, 3.8) is 0 Å². The van der Waals surface area contributed by atoms with E-state index in [0.717, 1.165) is 19.7 Å². The summed E-state index contributed by atoms with van der Waals surface area (Å²) in [5.41, 5.74) is 0.963. The molecule has 0 N–H and O–H groups in total. The predicted octanol–water partition coefficient (Wildman–Crippen LogP) is 4.54. The van der Waals surface area contributed by atoms with Gasteiger partial charge in [-0.25, -0.2) is 12.7 Å². The Kier molecular flexibility index (Phi) is 5.87. The Morgan fingerprint density at radius 3 is 2.37 bits per heavy atom. The first-order chi connectivity index (χ1) is 12.9. The molecule has 0 spiro atoms. The van der Waals surface area contributed by atoms with Crippen LogP contribution in [0.2, 0.25) is 0 Å². The summed E-state index contributed by atoms with van der Waals surface area (Å²) in [5, 5.41) is 0. The van der Waals surface area contributed by atoms with E-state index in [4.69, 9.17) is 0 Å². The third kappa shape index (κ3) is 4.34. The highest BCUT2D eigenvalue weighted by Gasteiger charge is 2.37. The van der Waals surface area contributed by atoms with Crippen molar-refractivity contribution in [2.24, 2.45) is 0 Å². The van der Waals surface area contributed by atoms with Gasteiger partial charge >= 0.3 is 0 Å². The third-order valence-corrected chi connectivity index (χ3v) is 7.09. The number of nitrogens with zero attached hydrogens (tertiary/aromatic N) is 1. The van der Waals surface area contributed by atoms with E-state index in [2.05, 4.69) is 0 Å². The Morgan fingerprint density at radius 1 is 1.07 bits per heavy atom. The summed E-state index contributed by atoms with van der Waals surface area (Å²) in [4.78, 5) is 14.8. The molecule has 0 radical (unpaired) electrons. The highest BCUT2D eigenvalue weighted by molar-refractivity contribution is 8.03. The van der Waals surface area contributed by atoms with Crippen molar-refractivity contribution in [2.45, 2.75) is 36.1 Å². The maximum absolute atomic E-state index is 13.1. The minimum Gasteiger partial charge on any atom is -0.269 e. The quantitative estimate of drug-likeness (QED) is 0.693. The van der Waals surface area contributed by atoms with Crippen LogP contribution >= 0.6 is 11.8 Å². The largest absolute Gasteiger partial charge is 0.269 e. The molecule has 2 aromatic rings. The number of hydrogen-bond donors (Lipinski definition) is 0. The van der Waals surface area contributed by atoms with Crippen molar-refractivity contribution < 1.29 is 13.2 Å². The summed E-state index contributed by atoms with van der Waals surface area (Å²) >= 11 is 1.49. The van der Waals surface area contributed by atoms with Crippen LogP contribution in [0.4, 0.5) is 0 Å². The standard InChI is InChI=1S/C21H21NO3S2/c1-3-7-17-14-19(26-18-8-5-4-6-9-18)15-21(23)22(17)27(24,25)20-12-10-16(2)11-13-20/h3-13,15,17H,14H2,1-2H3/b7-3+. The van der Waals surface area contributed by atoms with Gasteiger partial charge < -0.3 is 0 Å². The van der Waals surface area contributed by atoms with Gasteiger partial charge in [0, 0.05) is 17.4 Å². The topological polar surface area (TPSA) is 54.5 Å². The normalized spacial score (nSPS) is 18.0. The summed E-state index contributed by atoms with van der Waals surface area (Å²) in [7, 11) is -3.92. The number of amides is 1. The minimum atomic E-state index is -3.92. The van der Waals surface area contributed by atoms with E-state index in [9.17, 15) is 13.2 Å². The van der Waals surface area contributed by atoms with Crippen molar-refractivity contribution in [3.05, 3.63) is 83.3 Å². The van der Waals surface area contributed by atoms with Crippen LogP contribution in [0.5, 0.6) is 0 Å². The number of hydrogen-bond acceptors (Lipinski definition) is 4. The molecule has 0 bridgehead atoms. The molecule has 0 aliphatic carbocycles. The van der Waals surface area contributed by atoms with Gasteiger partial charge in [-0.1, -0.05) is 59.8 Å². The van der Waals surface area contributed by atoms with Crippen molar-refractivity contribution >= 4 is 27.7 Å². The first-order valence-electron chi connectivity index (χ1n) is 8.63. The molecular weight excluding hydrogens is 378 g/mol. The number of sulfonamides is 1. The third-order valence-electron chi connectivity index (χ3n) is 4.20. The second-order valence-corrected chi connectivity index (χ2v) is 9.29. The lowest BCUT2D eigenvalue weighted by molar-refractivity contribution is -0.122. The van der Waals surface area contributed by atoms with Crippen molar-refractivity contribution in [1.29, 1.82) is 0 Å². The maximum Gasteiger partial charge on any atom is 0.267 e. The molecule has 4 nitrogen and oxygen atoms in total. The van der Waals surface area contributed by atoms with E-state index in [1.165, 1.54) is 17.8 Å². The zero-order valence-corrected chi connectivity index (χ0v) is 16.8. The summed E-state index contributed by atoms with van der Waals surface area (Å²) in [5.74, 6) is -0.511. The molecule has 0 saturated carbocycles. The molecule has 1 unspecified atom stereocenters. The molecule has 0 fully saturated rings. The fraction of sp³-hybridized carbons (Fsp3) is 0.190. The predicted molar refractivity (Wildman–Crippen MR) is 109 cm³/mol. The highest BCUT2D eigenvalue weighted by Crippen LogP contribution is 2.36. The van der Waals surface area contributed by atoms with E-state index in [1.807, 2.05) is 44.2 Å². The summed E-state index contributed by atoms with van der Waals surface area (Å²) in [6, 6.07) is 15.8. The van der Waals surface area contributed by atoms with Crippen molar-refractivity contribution in [2.75, 3.05) is 0 Å². The molecule has 1 aliphatic rings. The number of benzene rings is 2. The van der Waals surface area contributed by atoms with Gasteiger partial charge in [0.05, 0.1) is 10.9 Å². The molecule has 3 rings (SSSR count). The number of allylic oxidation sites excluding steroid dienone is 1. The molecule has 2 aromatic carbocycles. The van der Waals surface area contributed by atoms with Gasteiger partial charge in [0.25, 0.3) is 15.9 Å². The minimum absolute atomic E-state index is 0.128. The lowest BCUT2D eigenvalue weighted by Gasteiger charge is -2.32. The summed E-state index contributed by atoms with van der Waals surface area (Å²) in [6.45, 7) is 3.71. The molecule has 27 heavy (non-hydrogen) atoms. The molecule has 0 saturated heterocycles. The fourth-order valence-electron chi connectivity index (χ4n) is 2.91. The first kappa shape index (κ1) is 19.5. The lowest BCUT2D eigenvalue weighted by atomic mass is 10.1. The van der Waals surface area contributed by atoms with E-state index in [-0.39, 0.29) is 4.90 Å². The van der Waals surface area contributed by atoms with Crippen LogP contribution < -0.4 is 0 Å². The Hall–Kier alpha value is -2.31. The zero-order chi connectivity index (χ0) is 19.4. The lowest BCUT2D eigenvalue weighted by Crippen LogP contribution is -2.45. The number of carbonyl (C=O) groups is 1. The zero-order valence-electron chi connectivity index (χ0n) is 15.2. The summed E-state index contributed by atoms with van der Waals surface area (Å²) < 4.78 is 27.2. The second-order valence-electron chi connectivity index (χ2n) is 6.28. The van der Waals surface area contributed by atoms with Gasteiger partial charge in [-0.3, -0.25) is 4.79 Å². The fourth-order valence-corrected chi connectivity index (χ4v) is 5.42. The van der Waals surface area contributed by atoms with Crippen LogP contribution in [-0.2, 0) is 14.8 Å². The number of carbonyl (C=O) groups excluding carboxylic acids is 1. The number of aryl methyl sites for hydroxylation is 1. The van der Waals surface area contributed by atoms with Crippen LogP contribution in [0, 0.1) is 6.92 Å². The van der Waals surface area contributed by atoms with Crippen LogP contribution in [0.3, 0.4) is 0 Å². The van der Waals surface area contributed by atoms with E-state index in [1.54, 1.807) is 36.4 Å². The molecule has 1 atom stereocenters. The first-order valence-corrected chi connectivity index (χ1v) is 10.9. The van der Waals surface area contributed by atoms with Gasteiger partial charge in [-0.2, -0.15) is 0 Å². The Balaban J connectivity index is 1.95. The molecule has 1 heterocycles. The summed E-state index contributed by atoms with van der Waals surface area (Å²) in [6.07, 6.45) is 5.44. The molecule has 0 aromatic heterocycles. The highest BCUT2D eigenvalue weighted by atomic mass is 32.2. The maximum atomic E-state index is 13.1. The van der Waals surface area contributed by atoms with Gasteiger partial charge in [0.1, 0.15) is 0 Å². The van der Waals surface area contributed by atoms with E-state index in [0.29, 0.717) is 6.42 Å². The van der Waals surface area contributed by atoms with Crippen LogP contribution in [0.15, 0.2) is 87.5 Å². The van der Waals surface area contributed by atoms with Crippen LogP contribution in [0.1, 0.15) is 18.9 Å². The SMILES string of the molecule is C/C=C/C1CC(Sc2ccccc2)=CC(=O)N1S(=O)(=O)c1ccc(C)cc1. The van der Waals surface area contributed by atoms with Crippen LogP contribution in [-0.4, -0.2) is 24.7 Å². The van der Waals surface area contributed by atoms with Crippen LogP contribution in [0.25, 0.3) is 0 Å². The van der Waals surface area contributed by atoms with E-state index < -0.39 is 22.0 Å². The van der Waals surface area contributed by atoms with Gasteiger partial charge in [0.2, 0.25) is 0 Å². The molecular formula is C21H21NO3S2. The smallest absolute Gasteiger partial charge is 0.267 e. The van der Waals surface area contributed by atoms with Crippen molar-refractivity contribution in [1.82, 2.24) is 4.31 Å². The molecule has 1 aliphatic heterocycles. The Bertz CT molecular complexity index is 978. The van der Waals surface area contributed by atoms with Gasteiger partial charge in [0.15, 0.2) is 0 Å². The number of thioether (sulfide) groups is 1. The number of rotatable bonds is 5. The Labute approximate surface area is 164 Å².